The molecule has 0 saturated heterocycles. The summed E-state index contributed by atoms with van der Waals surface area (Å²) < 4.78 is 0. The van der Waals surface area contributed by atoms with Gasteiger partial charge in [-0.2, -0.15) is 0 Å². The molecule has 0 fully saturated rings. The van der Waals surface area contributed by atoms with Gasteiger partial charge in [-0.25, -0.2) is 4.98 Å². The van der Waals surface area contributed by atoms with Gasteiger partial charge in [0.1, 0.15) is 5.82 Å². The molecule has 1 heterocycles. The van der Waals surface area contributed by atoms with Crippen molar-refractivity contribution in [3.8, 4) is 0 Å². The third kappa shape index (κ3) is 2.18. The molecule has 3 heteroatoms. The monoisotopic (exact) mass is 179 g/mol. The predicted molar refractivity (Wildman–Crippen MR) is 55.5 cm³/mol. The summed E-state index contributed by atoms with van der Waals surface area (Å²) in [5.41, 5.74) is 8.04. The zero-order valence-corrected chi connectivity index (χ0v) is 8.46. The van der Waals surface area contributed by atoms with Gasteiger partial charge in [-0.1, -0.05) is 6.92 Å². The first-order valence-corrected chi connectivity index (χ1v) is 4.58. The lowest BCUT2D eigenvalue weighted by Gasteiger charge is -2.16. The number of nitrogens with one attached hydrogen (secondary N) is 1. The first-order valence-electron chi connectivity index (χ1n) is 4.58. The molecule has 72 valence electrons. The molecule has 3 N–H and O–H groups in total. The predicted octanol–water partition coefficient (Wildman–Crippen LogP) is 1.64. The highest BCUT2D eigenvalue weighted by Gasteiger charge is 2.10. The summed E-state index contributed by atoms with van der Waals surface area (Å²) >= 11 is 0. The first kappa shape index (κ1) is 9.99. The summed E-state index contributed by atoms with van der Waals surface area (Å²) in [6.07, 6.45) is 2.81. The van der Waals surface area contributed by atoms with Crippen molar-refractivity contribution in [2.24, 2.45) is 0 Å². The van der Waals surface area contributed by atoms with Crippen LogP contribution >= 0.6 is 0 Å². The molecule has 1 aromatic heterocycles. The first-order chi connectivity index (χ1) is 6.19. The van der Waals surface area contributed by atoms with Crippen LogP contribution < -0.4 is 11.1 Å². The van der Waals surface area contributed by atoms with E-state index in [2.05, 4.69) is 23.3 Å². The van der Waals surface area contributed by atoms with E-state index < -0.39 is 0 Å². The molecule has 0 bridgehead atoms. The van der Waals surface area contributed by atoms with Crippen molar-refractivity contribution in [3.63, 3.8) is 0 Å². The molecule has 0 aliphatic heterocycles. The summed E-state index contributed by atoms with van der Waals surface area (Å²) in [7, 11) is 1.94. The van der Waals surface area contributed by atoms with Crippen molar-refractivity contribution in [3.05, 3.63) is 23.4 Å². The molecule has 0 saturated carbocycles. The Morgan fingerprint density at radius 2 is 2.31 bits per heavy atom. The van der Waals surface area contributed by atoms with Crippen LogP contribution in [0.2, 0.25) is 0 Å². The SMILES string of the molecule is CCC(NC)c1cc(C)cnc1N. The van der Waals surface area contributed by atoms with Gasteiger partial charge in [0.2, 0.25) is 0 Å². The minimum absolute atomic E-state index is 0.312. The Morgan fingerprint density at radius 3 is 2.85 bits per heavy atom. The second kappa shape index (κ2) is 4.23. The van der Waals surface area contributed by atoms with E-state index in [0.717, 1.165) is 17.5 Å². The van der Waals surface area contributed by atoms with Gasteiger partial charge in [-0.05, 0) is 32.0 Å². The van der Waals surface area contributed by atoms with Gasteiger partial charge >= 0.3 is 0 Å². The fourth-order valence-electron chi connectivity index (χ4n) is 1.46. The van der Waals surface area contributed by atoms with Crippen LogP contribution in [0, 0.1) is 6.92 Å². The lowest BCUT2D eigenvalue weighted by molar-refractivity contribution is 0.576. The zero-order valence-electron chi connectivity index (χ0n) is 8.46. The number of nitrogens with two attached hydrogens (primary N) is 1. The average Bonchev–Trinajstić information content (AvgIpc) is 2.13. The quantitative estimate of drug-likeness (QED) is 0.741. The second-order valence-corrected chi connectivity index (χ2v) is 3.24. The molecule has 0 amide bonds. The Hall–Kier alpha value is -1.09. The van der Waals surface area contributed by atoms with Crippen LogP contribution in [0.15, 0.2) is 12.3 Å². The van der Waals surface area contributed by atoms with Crippen LogP contribution in [0.5, 0.6) is 0 Å². The minimum atomic E-state index is 0.312. The van der Waals surface area contributed by atoms with Crippen LogP contribution in [-0.2, 0) is 0 Å². The molecule has 1 unspecified atom stereocenters. The third-order valence-electron chi connectivity index (χ3n) is 2.22. The molecule has 1 atom stereocenters. The van der Waals surface area contributed by atoms with E-state index in [-0.39, 0.29) is 0 Å². The Labute approximate surface area is 79.4 Å². The molecule has 0 aromatic carbocycles. The van der Waals surface area contributed by atoms with E-state index in [0.29, 0.717) is 11.9 Å². The number of rotatable bonds is 3. The Morgan fingerprint density at radius 1 is 1.62 bits per heavy atom. The minimum Gasteiger partial charge on any atom is -0.383 e. The lowest BCUT2D eigenvalue weighted by atomic mass is 10.0. The Kier molecular flexibility index (Phi) is 3.25. The number of anilines is 1. The number of nitrogens with zero attached hydrogens (tertiary/aromatic N) is 1. The van der Waals surface area contributed by atoms with Crippen molar-refractivity contribution in [2.45, 2.75) is 26.3 Å². The molecule has 0 aliphatic carbocycles. The molecular weight excluding hydrogens is 162 g/mol. The summed E-state index contributed by atoms with van der Waals surface area (Å²) in [6, 6.07) is 2.40. The molecular formula is C10H17N3. The number of hydrogen-bond donors (Lipinski definition) is 2. The van der Waals surface area contributed by atoms with E-state index in [1.54, 1.807) is 6.20 Å². The molecule has 0 spiro atoms. The molecule has 13 heavy (non-hydrogen) atoms. The molecule has 1 rings (SSSR count). The fraction of sp³-hybridized carbons (Fsp3) is 0.500. The van der Waals surface area contributed by atoms with Gasteiger partial charge in [0.05, 0.1) is 0 Å². The van der Waals surface area contributed by atoms with Crippen molar-refractivity contribution >= 4 is 5.82 Å². The summed E-state index contributed by atoms with van der Waals surface area (Å²) in [5.74, 6) is 0.631. The van der Waals surface area contributed by atoms with Gasteiger partial charge in [0.15, 0.2) is 0 Å². The second-order valence-electron chi connectivity index (χ2n) is 3.24. The number of pyridine rings is 1. The third-order valence-corrected chi connectivity index (χ3v) is 2.22. The van der Waals surface area contributed by atoms with Crippen LogP contribution in [0.1, 0.15) is 30.5 Å². The maximum atomic E-state index is 5.79. The van der Waals surface area contributed by atoms with E-state index in [4.69, 9.17) is 5.73 Å². The maximum Gasteiger partial charge on any atom is 0.128 e. The van der Waals surface area contributed by atoms with Gasteiger partial charge < -0.3 is 11.1 Å². The molecule has 0 radical (unpaired) electrons. The number of aromatic nitrogens is 1. The van der Waals surface area contributed by atoms with Crippen molar-refractivity contribution in [1.82, 2.24) is 10.3 Å². The smallest absolute Gasteiger partial charge is 0.128 e. The van der Waals surface area contributed by atoms with Crippen molar-refractivity contribution in [2.75, 3.05) is 12.8 Å². The van der Waals surface area contributed by atoms with E-state index in [1.807, 2.05) is 14.0 Å². The molecule has 0 aliphatic rings. The van der Waals surface area contributed by atoms with Crippen molar-refractivity contribution < 1.29 is 0 Å². The maximum absolute atomic E-state index is 5.79. The fourth-order valence-corrected chi connectivity index (χ4v) is 1.46. The molecule has 1 aromatic rings. The van der Waals surface area contributed by atoms with Gasteiger partial charge in [-0.15, -0.1) is 0 Å². The van der Waals surface area contributed by atoms with Gasteiger partial charge in [-0.3, -0.25) is 0 Å². The number of nitrogen functional groups attached to an aromatic ring is 1. The average molecular weight is 179 g/mol. The topological polar surface area (TPSA) is 50.9 Å². The summed E-state index contributed by atoms with van der Waals surface area (Å²) in [4.78, 5) is 4.13. The standard InChI is InChI=1S/C10H17N3/c1-4-9(12-3)8-5-7(2)6-13-10(8)11/h5-6,9,12H,4H2,1-3H3,(H2,11,13). The highest BCUT2D eigenvalue weighted by atomic mass is 14.9. The summed E-state index contributed by atoms with van der Waals surface area (Å²) in [5, 5.41) is 3.22. The zero-order chi connectivity index (χ0) is 9.84. The van der Waals surface area contributed by atoms with E-state index >= 15 is 0 Å². The van der Waals surface area contributed by atoms with Crippen LogP contribution in [0.3, 0.4) is 0 Å². The highest BCUT2D eigenvalue weighted by Crippen LogP contribution is 2.21. The van der Waals surface area contributed by atoms with Crippen molar-refractivity contribution in [1.29, 1.82) is 0 Å². The summed E-state index contributed by atoms with van der Waals surface area (Å²) in [6.45, 7) is 4.15. The van der Waals surface area contributed by atoms with E-state index in [1.165, 1.54) is 0 Å². The highest BCUT2D eigenvalue weighted by molar-refractivity contribution is 5.42. The van der Waals surface area contributed by atoms with E-state index in [9.17, 15) is 0 Å². The van der Waals surface area contributed by atoms with Crippen LogP contribution in [0.25, 0.3) is 0 Å². The van der Waals surface area contributed by atoms with Crippen LogP contribution in [0.4, 0.5) is 5.82 Å². The van der Waals surface area contributed by atoms with Gasteiger partial charge in [0, 0.05) is 17.8 Å². The number of aryl methyl sites for hydroxylation is 1. The number of hydrogen-bond acceptors (Lipinski definition) is 3. The van der Waals surface area contributed by atoms with Crippen LogP contribution in [-0.4, -0.2) is 12.0 Å². The lowest BCUT2D eigenvalue weighted by Crippen LogP contribution is -2.17. The largest absolute Gasteiger partial charge is 0.383 e. The normalized spacial score (nSPS) is 12.8. The Balaban J connectivity index is 3.03. The van der Waals surface area contributed by atoms with Gasteiger partial charge in [0.25, 0.3) is 0 Å². The Bertz CT molecular complexity index is 279. The molecule has 3 nitrogen and oxygen atoms in total.